The molecule has 0 aliphatic carbocycles. The second kappa shape index (κ2) is 12.8. The van der Waals surface area contributed by atoms with Crippen molar-refractivity contribution < 1.29 is 34.5 Å². The van der Waals surface area contributed by atoms with Gasteiger partial charge in [0.25, 0.3) is 0 Å². The molecule has 0 fully saturated rings. The van der Waals surface area contributed by atoms with Crippen molar-refractivity contribution in [1.29, 1.82) is 0 Å². The quantitative estimate of drug-likeness (QED) is 0.157. The van der Waals surface area contributed by atoms with E-state index in [1.54, 1.807) is 30.3 Å². The first kappa shape index (κ1) is 25.4. The van der Waals surface area contributed by atoms with Crippen LogP contribution in [0, 0.1) is 0 Å². The molecule has 0 spiro atoms. The van der Waals surface area contributed by atoms with E-state index in [9.17, 15) is 19.2 Å². The van der Waals surface area contributed by atoms with Crippen molar-refractivity contribution in [3.05, 3.63) is 35.9 Å². The van der Waals surface area contributed by atoms with Gasteiger partial charge < -0.3 is 37.0 Å². The molecule has 3 amide bonds. The molecule has 0 radical (unpaired) electrons. The lowest BCUT2D eigenvalue weighted by atomic mass is 10.0. The lowest BCUT2D eigenvalue weighted by Crippen LogP contribution is -2.58. The number of benzene rings is 1. The van der Waals surface area contributed by atoms with Gasteiger partial charge in [0.2, 0.25) is 17.7 Å². The van der Waals surface area contributed by atoms with Crippen LogP contribution in [-0.2, 0) is 25.6 Å². The summed E-state index contributed by atoms with van der Waals surface area (Å²) in [6, 6.07) is 3.52. The van der Waals surface area contributed by atoms with Gasteiger partial charge in [-0.25, -0.2) is 4.79 Å². The summed E-state index contributed by atoms with van der Waals surface area (Å²) in [5, 5.41) is 34.0. The fourth-order valence-corrected chi connectivity index (χ4v) is 2.60. The number of carboxylic acids is 1. The van der Waals surface area contributed by atoms with Crippen LogP contribution in [0.15, 0.2) is 30.3 Å². The van der Waals surface area contributed by atoms with Gasteiger partial charge in [-0.15, -0.1) is 0 Å². The van der Waals surface area contributed by atoms with Crippen LogP contribution in [0.5, 0.6) is 0 Å². The number of carbonyl (C=O) groups is 4. The Morgan fingerprint density at radius 3 is 1.90 bits per heavy atom. The Balaban J connectivity index is 2.97. The molecular weight excluding hydrogens is 416 g/mol. The standard InChI is InChI=1S/C18H26N4O7S/c19-11(7-23)15(25)22-14(9-30)17(27)20-12(6-10-4-2-1-3-5-10)16(26)21-13(8-24)18(28)29/h1-5,11-14,23-24,30H,6-9,19H2,(H,20,27)(H,21,26)(H,22,25)(H,28,29). The normalized spacial score (nSPS) is 14.7. The molecule has 1 aromatic rings. The molecule has 1 aromatic carbocycles. The van der Waals surface area contributed by atoms with E-state index in [0.29, 0.717) is 5.56 Å². The lowest BCUT2D eigenvalue weighted by Gasteiger charge is -2.24. The van der Waals surface area contributed by atoms with Gasteiger partial charge in [0.1, 0.15) is 24.2 Å². The van der Waals surface area contributed by atoms with E-state index < -0.39 is 61.1 Å². The van der Waals surface area contributed by atoms with Crippen LogP contribution in [0.4, 0.5) is 0 Å². The molecule has 0 aromatic heterocycles. The Labute approximate surface area is 178 Å². The van der Waals surface area contributed by atoms with Crippen molar-refractivity contribution in [2.75, 3.05) is 19.0 Å². The molecule has 0 bridgehead atoms. The maximum absolute atomic E-state index is 12.6. The van der Waals surface area contributed by atoms with E-state index >= 15 is 0 Å². The third kappa shape index (κ3) is 7.99. The maximum Gasteiger partial charge on any atom is 0.328 e. The van der Waals surface area contributed by atoms with E-state index in [-0.39, 0.29) is 12.2 Å². The van der Waals surface area contributed by atoms with Crippen molar-refractivity contribution >= 4 is 36.3 Å². The highest BCUT2D eigenvalue weighted by molar-refractivity contribution is 7.80. The molecule has 0 aliphatic rings. The first-order chi connectivity index (χ1) is 14.2. The first-order valence-corrected chi connectivity index (χ1v) is 9.62. The van der Waals surface area contributed by atoms with Crippen LogP contribution < -0.4 is 21.7 Å². The Morgan fingerprint density at radius 1 is 0.867 bits per heavy atom. The molecule has 0 heterocycles. The van der Waals surface area contributed by atoms with E-state index in [4.69, 9.17) is 21.1 Å². The zero-order valence-corrected chi connectivity index (χ0v) is 16.9. The highest BCUT2D eigenvalue weighted by Gasteiger charge is 2.29. The van der Waals surface area contributed by atoms with Crippen LogP contribution in [0.2, 0.25) is 0 Å². The maximum atomic E-state index is 12.6. The van der Waals surface area contributed by atoms with E-state index in [2.05, 4.69) is 28.6 Å². The topological polar surface area (TPSA) is 191 Å². The van der Waals surface area contributed by atoms with Gasteiger partial charge in [-0.3, -0.25) is 14.4 Å². The summed E-state index contributed by atoms with van der Waals surface area (Å²) in [7, 11) is 0. The van der Waals surface area contributed by atoms with Gasteiger partial charge >= 0.3 is 5.97 Å². The molecule has 0 aliphatic heterocycles. The Bertz CT molecular complexity index is 735. The van der Waals surface area contributed by atoms with Crippen LogP contribution in [0.3, 0.4) is 0 Å². The van der Waals surface area contributed by atoms with E-state index in [0.717, 1.165) is 0 Å². The van der Waals surface area contributed by atoms with Gasteiger partial charge in [-0.2, -0.15) is 12.6 Å². The number of nitrogens with one attached hydrogen (secondary N) is 3. The van der Waals surface area contributed by atoms with Crippen molar-refractivity contribution in [2.45, 2.75) is 30.6 Å². The summed E-state index contributed by atoms with van der Waals surface area (Å²) in [5.41, 5.74) is 6.09. The average molecular weight is 442 g/mol. The number of hydrogen-bond acceptors (Lipinski definition) is 8. The SMILES string of the molecule is NC(CO)C(=O)NC(CS)C(=O)NC(Cc1ccccc1)C(=O)NC(CO)C(=O)O. The Morgan fingerprint density at radius 2 is 1.40 bits per heavy atom. The van der Waals surface area contributed by atoms with Crippen molar-refractivity contribution in [2.24, 2.45) is 5.73 Å². The highest BCUT2D eigenvalue weighted by Crippen LogP contribution is 2.05. The van der Waals surface area contributed by atoms with Crippen LogP contribution in [0.25, 0.3) is 0 Å². The molecule has 0 saturated heterocycles. The second-order valence-electron chi connectivity index (χ2n) is 6.37. The summed E-state index contributed by atoms with van der Waals surface area (Å²) in [6.45, 7) is -1.45. The molecule has 166 valence electrons. The summed E-state index contributed by atoms with van der Waals surface area (Å²) in [6.07, 6.45) is 0.0274. The van der Waals surface area contributed by atoms with Gasteiger partial charge in [0, 0.05) is 12.2 Å². The fourth-order valence-electron chi connectivity index (χ4n) is 2.34. The highest BCUT2D eigenvalue weighted by atomic mass is 32.1. The van der Waals surface area contributed by atoms with E-state index in [1.165, 1.54) is 0 Å². The van der Waals surface area contributed by atoms with Crippen molar-refractivity contribution in [3.63, 3.8) is 0 Å². The second-order valence-corrected chi connectivity index (χ2v) is 6.73. The number of carbonyl (C=O) groups excluding carboxylic acids is 3. The zero-order chi connectivity index (χ0) is 22.7. The number of carboxylic acid groups (broad SMARTS) is 1. The number of aliphatic hydroxyl groups excluding tert-OH is 2. The largest absolute Gasteiger partial charge is 0.480 e. The third-order valence-electron chi connectivity index (χ3n) is 4.06. The minimum absolute atomic E-state index is 0.0274. The fraction of sp³-hybridized carbons (Fsp3) is 0.444. The first-order valence-electron chi connectivity index (χ1n) is 8.99. The predicted molar refractivity (Wildman–Crippen MR) is 110 cm³/mol. The number of amides is 3. The van der Waals surface area contributed by atoms with Crippen LogP contribution in [-0.4, -0.2) is 82.1 Å². The van der Waals surface area contributed by atoms with Crippen molar-refractivity contribution in [1.82, 2.24) is 16.0 Å². The summed E-state index contributed by atoms with van der Waals surface area (Å²) in [4.78, 5) is 48.1. The monoisotopic (exact) mass is 442 g/mol. The van der Waals surface area contributed by atoms with Gasteiger partial charge in [0.05, 0.1) is 13.2 Å². The smallest absolute Gasteiger partial charge is 0.328 e. The third-order valence-corrected chi connectivity index (χ3v) is 4.43. The molecule has 12 heteroatoms. The average Bonchev–Trinajstić information content (AvgIpc) is 2.74. The lowest BCUT2D eigenvalue weighted by molar-refractivity contribution is -0.143. The molecule has 30 heavy (non-hydrogen) atoms. The number of aliphatic hydroxyl groups is 2. The van der Waals surface area contributed by atoms with Gasteiger partial charge in [-0.05, 0) is 5.56 Å². The Hall–Kier alpha value is -2.67. The summed E-state index contributed by atoms with van der Waals surface area (Å²) >= 11 is 4.01. The van der Waals surface area contributed by atoms with Crippen molar-refractivity contribution in [3.8, 4) is 0 Å². The summed E-state index contributed by atoms with van der Waals surface area (Å²) < 4.78 is 0. The zero-order valence-electron chi connectivity index (χ0n) is 16.0. The molecule has 8 N–H and O–H groups in total. The molecule has 0 saturated carbocycles. The number of rotatable bonds is 12. The van der Waals surface area contributed by atoms with Crippen LogP contribution in [0.1, 0.15) is 5.56 Å². The van der Waals surface area contributed by atoms with Gasteiger partial charge in [0.15, 0.2) is 0 Å². The van der Waals surface area contributed by atoms with Crippen LogP contribution >= 0.6 is 12.6 Å². The number of aliphatic carboxylic acids is 1. The van der Waals surface area contributed by atoms with Gasteiger partial charge in [-0.1, -0.05) is 30.3 Å². The Kier molecular flexibility index (Phi) is 10.8. The summed E-state index contributed by atoms with van der Waals surface area (Å²) in [5.74, 6) is -3.92. The number of nitrogens with two attached hydrogens (primary N) is 1. The number of hydrogen-bond donors (Lipinski definition) is 8. The minimum atomic E-state index is -1.55. The molecule has 4 atom stereocenters. The number of thiol groups is 1. The molecule has 1 rings (SSSR count). The molecule has 11 nitrogen and oxygen atoms in total. The van der Waals surface area contributed by atoms with E-state index in [1.807, 2.05) is 0 Å². The minimum Gasteiger partial charge on any atom is -0.480 e. The molecular formula is C18H26N4O7S. The predicted octanol–water partition coefficient (Wildman–Crippen LogP) is -2.99. The molecule has 4 unspecified atom stereocenters.